The number of benzene rings is 1. The second-order valence-corrected chi connectivity index (χ2v) is 4.23. The van der Waals surface area contributed by atoms with Crippen molar-refractivity contribution in [2.45, 2.75) is 6.42 Å². The van der Waals surface area contributed by atoms with Crippen LogP contribution in [0.25, 0.3) is 0 Å². The molecule has 1 aliphatic carbocycles. The molecular weight excluding hydrogens is 256 g/mol. The van der Waals surface area contributed by atoms with Gasteiger partial charge in [-0.05, 0) is 12.5 Å². The molecule has 19 heavy (non-hydrogen) atoms. The van der Waals surface area contributed by atoms with E-state index >= 15 is 0 Å². The van der Waals surface area contributed by atoms with Gasteiger partial charge >= 0.3 is 5.97 Å². The van der Waals surface area contributed by atoms with E-state index < -0.39 is 34.4 Å². The van der Waals surface area contributed by atoms with Crippen LogP contribution in [-0.2, 0) is 9.59 Å². The highest BCUT2D eigenvalue weighted by Gasteiger charge is 2.48. The number of aromatic hydroxyl groups is 1. The molecule has 1 aromatic rings. The number of amides is 1. The van der Waals surface area contributed by atoms with Crippen LogP contribution < -0.4 is 5.32 Å². The lowest BCUT2D eigenvalue weighted by molar-refractivity contribution is -0.384. The Hall–Kier alpha value is -2.64. The van der Waals surface area contributed by atoms with E-state index in [1.54, 1.807) is 0 Å². The number of hydrogen-bond acceptors (Lipinski definition) is 5. The summed E-state index contributed by atoms with van der Waals surface area (Å²) in [7, 11) is 0. The molecule has 3 N–H and O–H groups in total. The van der Waals surface area contributed by atoms with E-state index in [1.807, 2.05) is 0 Å². The molecule has 0 spiro atoms. The molecule has 0 heterocycles. The quantitative estimate of drug-likeness (QED) is 0.422. The smallest absolute Gasteiger partial charge is 0.307 e. The van der Waals surface area contributed by atoms with Crippen molar-refractivity contribution in [2.24, 2.45) is 11.8 Å². The third-order valence-electron chi connectivity index (χ3n) is 2.89. The van der Waals surface area contributed by atoms with E-state index in [-0.39, 0.29) is 17.8 Å². The minimum atomic E-state index is -1.03. The highest BCUT2D eigenvalue weighted by Crippen LogP contribution is 2.40. The van der Waals surface area contributed by atoms with Gasteiger partial charge in [0.2, 0.25) is 5.91 Å². The summed E-state index contributed by atoms with van der Waals surface area (Å²) in [6.45, 7) is 0. The number of nitrogens with one attached hydrogen (secondary N) is 1. The average molecular weight is 266 g/mol. The molecule has 2 unspecified atom stereocenters. The Morgan fingerprint density at radius 3 is 2.53 bits per heavy atom. The van der Waals surface area contributed by atoms with Gasteiger partial charge in [0.05, 0.1) is 28.5 Å². The summed E-state index contributed by atoms with van der Waals surface area (Å²) >= 11 is 0. The molecule has 8 heteroatoms. The van der Waals surface area contributed by atoms with Gasteiger partial charge in [0.25, 0.3) is 5.69 Å². The number of nitro groups is 1. The lowest BCUT2D eigenvalue weighted by atomic mass is 10.2. The Labute approximate surface area is 106 Å². The van der Waals surface area contributed by atoms with Crippen molar-refractivity contribution < 1.29 is 24.7 Å². The third-order valence-corrected chi connectivity index (χ3v) is 2.89. The van der Waals surface area contributed by atoms with Gasteiger partial charge in [-0.1, -0.05) is 0 Å². The summed E-state index contributed by atoms with van der Waals surface area (Å²) in [6.07, 6.45) is 0.259. The zero-order valence-electron chi connectivity index (χ0n) is 9.57. The molecule has 1 aromatic carbocycles. The Morgan fingerprint density at radius 1 is 1.37 bits per heavy atom. The molecule has 0 radical (unpaired) electrons. The molecule has 0 aromatic heterocycles. The predicted molar refractivity (Wildman–Crippen MR) is 62.6 cm³/mol. The van der Waals surface area contributed by atoms with Crippen LogP contribution in [0.5, 0.6) is 5.75 Å². The summed E-state index contributed by atoms with van der Waals surface area (Å²) in [4.78, 5) is 32.0. The molecule has 8 nitrogen and oxygen atoms in total. The largest absolute Gasteiger partial charge is 0.506 e. The van der Waals surface area contributed by atoms with Gasteiger partial charge in [-0.2, -0.15) is 0 Å². The first-order valence-corrected chi connectivity index (χ1v) is 5.41. The zero-order valence-corrected chi connectivity index (χ0v) is 9.57. The summed E-state index contributed by atoms with van der Waals surface area (Å²) in [5.74, 6) is -3.30. The van der Waals surface area contributed by atoms with Crippen LogP contribution in [0.1, 0.15) is 6.42 Å². The minimum Gasteiger partial charge on any atom is -0.506 e. The average Bonchev–Trinajstić information content (AvgIpc) is 3.11. The highest BCUT2D eigenvalue weighted by atomic mass is 16.6. The first-order valence-electron chi connectivity index (χ1n) is 5.41. The fourth-order valence-electron chi connectivity index (χ4n) is 1.72. The Bertz CT molecular complexity index is 570. The van der Waals surface area contributed by atoms with Crippen molar-refractivity contribution in [1.82, 2.24) is 0 Å². The molecule has 2 atom stereocenters. The Morgan fingerprint density at radius 2 is 2.05 bits per heavy atom. The van der Waals surface area contributed by atoms with Crippen LogP contribution in [-0.4, -0.2) is 27.0 Å². The van der Waals surface area contributed by atoms with Crippen LogP contribution in [0.15, 0.2) is 18.2 Å². The van der Waals surface area contributed by atoms with Gasteiger partial charge in [-0.3, -0.25) is 19.7 Å². The lowest BCUT2D eigenvalue weighted by Crippen LogP contribution is -2.16. The standard InChI is InChI=1S/C11H10N2O6/c14-9-3-5(13(18)19)1-2-8(9)12-10(15)6-4-7(6)11(16)17/h1-3,6-7,14H,4H2,(H,12,15)(H,16,17). The SMILES string of the molecule is O=C(O)C1CC1C(=O)Nc1ccc([N+](=O)[O-])cc1O. The molecular formula is C11H10N2O6. The van der Waals surface area contributed by atoms with E-state index in [9.17, 15) is 24.8 Å². The number of carboxylic acids is 1. The number of non-ortho nitro benzene ring substituents is 1. The van der Waals surface area contributed by atoms with Crippen LogP contribution in [0.3, 0.4) is 0 Å². The predicted octanol–water partition coefficient (Wildman–Crippen LogP) is 0.960. The normalized spacial score (nSPS) is 20.6. The maximum atomic E-state index is 11.6. The number of hydrogen-bond donors (Lipinski definition) is 3. The number of rotatable bonds is 4. The summed E-state index contributed by atoms with van der Waals surface area (Å²) in [5, 5.41) is 31.0. The van der Waals surface area contributed by atoms with Crippen LogP contribution in [0.4, 0.5) is 11.4 Å². The van der Waals surface area contributed by atoms with Gasteiger partial charge in [0.1, 0.15) is 5.75 Å². The topological polar surface area (TPSA) is 130 Å². The van der Waals surface area contributed by atoms with Gasteiger partial charge in [-0.25, -0.2) is 0 Å². The van der Waals surface area contributed by atoms with E-state index in [1.165, 1.54) is 6.07 Å². The minimum absolute atomic E-state index is 0.0200. The molecule has 0 saturated heterocycles. The molecule has 100 valence electrons. The van der Waals surface area contributed by atoms with Gasteiger partial charge in [0, 0.05) is 6.07 Å². The fraction of sp³-hybridized carbons (Fsp3) is 0.273. The number of carboxylic acid groups (broad SMARTS) is 1. The Balaban J connectivity index is 2.06. The first-order chi connectivity index (χ1) is 8.90. The lowest BCUT2D eigenvalue weighted by Gasteiger charge is -2.06. The summed E-state index contributed by atoms with van der Waals surface area (Å²) in [6, 6.07) is 3.25. The first kappa shape index (κ1) is 12.8. The molecule has 0 aliphatic heterocycles. The molecule has 2 rings (SSSR count). The van der Waals surface area contributed by atoms with Gasteiger partial charge in [-0.15, -0.1) is 0 Å². The van der Waals surface area contributed by atoms with Gasteiger partial charge < -0.3 is 15.5 Å². The summed E-state index contributed by atoms with van der Waals surface area (Å²) in [5.41, 5.74) is -0.281. The number of anilines is 1. The molecule has 0 bridgehead atoms. The fourth-order valence-corrected chi connectivity index (χ4v) is 1.72. The van der Waals surface area contributed by atoms with Crippen molar-refractivity contribution in [3.05, 3.63) is 28.3 Å². The molecule has 1 amide bonds. The molecule has 1 saturated carbocycles. The van der Waals surface area contributed by atoms with Gasteiger partial charge in [0.15, 0.2) is 0 Å². The van der Waals surface area contributed by atoms with Crippen molar-refractivity contribution >= 4 is 23.3 Å². The van der Waals surface area contributed by atoms with Crippen LogP contribution in [0.2, 0.25) is 0 Å². The maximum absolute atomic E-state index is 11.6. The maximum Gasteiger partial charge on any atom is 0.307 e. The van der Waals surface area contributed by atoms with Crippen molar-refractivity contribution in [3.8, 4) is 5.75 Å². The zero-order chi connectivity index (χ0) is 14.2. The van der Waals surface area contributed by atoms with E-state index in [0.29, 0.717) is 0 Å². The Kier molecular flexibility index (Phi) is 3.07. The molecule has 1 fully saturated rings. The number of nitro benzene ring substituents is 1. The number of carbonyl (C=O) groups is 2. The van der Waals surface area contributed by atoms with Crippen LogP contribution >= 0.6 is 0 Å². The number of phenolic OH excluding ortho intramolecular Hbond substituents is 1. The van der Waals surface area contributed by atoms with Crippen molar-refractivity contribution in [3.63, 3.8) is 0 Å². The van der Waals surface area contributed by atoms with E-state index in [2.05, 4.69) is 5.32 Å². The highest BCUT2D eigenvalue weighted by molar-refractivity contribution is 5.99. The van der Waals surface area contributed by atoms with Crippen LogP contribution in [0, 0.1) is 22.0 Å². The van der Waals surface area contributed by atoms with Crippen molar-refractivity contribution in [1.29, 1.82) is 0 Å². The monoisotopic (exact) mass is 266 g/mol. The summed E-state index contributed by atoms with van der Waals surface area (Å²) < 4.78 is 0. The number of nitrogens with zero attached hydrogens (tertiary/aromatic N) is 1. The number of aliphatic carboxylic acids is 1. The van der Waals surface area contributed by atoms with E-state index in [0.717, 1.165) is 12.1 Å². The van der Waals surface area contributed by atoms with Crippen molar-refractivity contribution in [2.75, 3.05) is 5.32 Å². The van der Waals surface area contributed by atoms with E-state index in [4.69, 9.17) is 5.11 Å². The number of phenols is 1. The number of carbonyl (C=O) groups excluding carboxylic acids is 1. The second kappa shape index (κ2) is 4.56. The third kappa shape index (κ3) is 2.62. The second-order valence-electron chi connectivity index (χ2n) is 4.23. The molecule has 1 aliphatic rings.